The van der Waals surface area contributed by atoms with Crippen LogP contribution in [-0.4, -0.2) is 32.2 Å². The number of hydrogen-bond donors (Lipinski definition) is 0. The van der Waals surface area contributed by atoms with Crippen molar-refractivity contribution < 1.29 is 19.4 Å². The van der Waals surface area contributed by atoms with Gasteiger partial charge in [0.05, 0.1) is 28.2 Å². The van der Waals surface area contributed by atoms with Gasteiger partial charge in [0.15, 0.2) is 5.69 Å². The van der Waals surface area contributed by atoms with Crippen LogP contribution in [0.5, 0.6) is 0 Å². The molecule has 0 fully saturated rings. The second-order valence-corrected chi connectivity index (χ2v) is 6.51. The van der Waals surface area contributed by atoms with Crippen LogP contribution in [0.1, 0.15) is 28.5 Å². The minimum Gasteiger partial charge on any atom is -0.461 e. The molecule has 0 spiro atoms. The fraction of sp³-hybridized carbons (Fsp3) is 0.200. The zero-order valence-corrected chi connectivity index (χ0v) is 16.5. The van der Waals surface area contributed by atoms with Crippen LogP contribution in [0, 0.1) is 34.1 Å². The summed E-state index contributed by atoms with van der Waals surface area (Å²) in [5.74, 6) is -0.700. The number of ether oxygens (including phenoxy) is 1. The summed E-state index contributed by atoms with van der Waals surface area (Å²) in [5, 5.41) is 27.1. The molecule has 30 heavy (non-hydrogen) atoms. The van der Waals surface area contributed by atoms with Gasteiger partial charge in [0.25, 0.3) is 5.69 Å². The molecule has 10 nitrogen and oxygen atoms in total. The van der Waals surface area contributed by atoms with Gasteiger partial charge in [-0.1, -0.05) is 29.8 Å². The standard InChI is InChI=1S/C20H18N4O6/c1-4-30-20(25)19-13(3)18(14-7-5-12(2)6-8-14)21-22(19)16-10-9-15(23(26)27)11-17(16)24(28)29/h5-11H,4H2,1-3H3. The SMILES string of the molecule is CCOC(=O)c1c(C)c(-c2ccc(C)cc2)nn1-c1ccc([N+](=O)[O-])cc1[N+](=O)[O-]. The molecular formula is C20H18N4O6. The van der Waals surface area contributed by atoms with Gasteiger partial charge in [-0.15, -0.1) is 0 Å². The Morgan fingerprint density at radius 3 is 2.30 bits per heavy atom. The van der Waals surface area contributed by atoms with Gasteiger partial charge in [0.2, 0.25) is 0 Å². The number of nitrogens with zero attached hydrogens (tertiary/aromatic N) is 4. The first-order valence-electron chi connectivity index (χ1n) is 9.01. The topological polar surface area (TPSA) is 130 Å². The van der Waals surface area contributed by atoms with Gasteiger partial charge in [0, 0.05) is 17.2 Å². The summed E-state index contributed by atoms with van der Waals surface area (Å²) in [6.07, 6.45) is 0. The quantitative estimate of drug-likeness (QED) is 0.339. The van der Waals surface area contributed by atoms with E-state index in [1.165, 1.54) is 6.07 Å². The maximum Gasteiger partial charge on any atom is 0.357 e. The third-order valence-corrected chi connectivity index (χ3v) is 4.51. The van der Waals surface area contributed by atoms with Gasteiger partial charge < -0.3 is 4.74 Å². The van der Waals surface area contributed by atoms with Gasteiger partial charge in [-0.2, -0.15) is 5.10 Å². The zero-order valence-electron chi connectivity index (χ0n) is 16.5. The predicted octanol–water partition coefficient (Wildman–Crippen LogP) is 4.15. The minimum absolute atomic E-state index is 0.0179. The molecule has 1 aromatic heterocycles. The Hall–Kier alpha value is -4.08. The third kappa shape index (κ3) is 3.75. The molecule has 0 atom stereocenters. The van der Waals surface area contributed by atoms with Crippen molar-refractivity contribution in [2.45, 2.75) is 20.8 Å². The smallest absolute Gasteiger partial charge is 0.357 e. The van der Waals surface area contributed by atoms with Gasteiger partial charge in [-0.05, 0) is 26.8 Å². The van der Waals surface area contributed by atoms with E-state index >= 15 is 0 Å². The molecule has 10 heteroatoms. The lowest BCUT2D eigenvalue weighted by Gasteiger charge is -2.08. The summed E-state index contributed by atoms with van der Waals surface area (Å²) in [4.78, 5) is 33.8. The van der Waals surface area contributed by atoms with Gasteiger partial charge in [0.1, 0.15) is 5.69 Å². The van der Waals surface area contributed by atoms with E-state index in [1.807, 2.05) is 31.2 Å². The third-order valence-electron chi connectivity index (χ3n) is 4.51. The number of nitro benzene ring substituents is 2. The highest BCUT2D eigenvalue weighted by molar-refractivity contribution is 5.92. The number of non-ortho nitro benzene ring substituents is 1. The molecule has 3 rings (SSSR count). The van der Waals surface area contributed by atoms with Crippen molar-refractivity contribution in [2.24, 2.45) is 0 Å². The van der Waals surface area contributed by atoms with E-state index in [-0.39, 0.29) is 18.0 Å². The van der Waals surface area contributed by atoms with E-state index in [0.717, 1.165) is 22.4 Å². The van der Waals surface area contributed by atoms with Crippen LogP contribution in [0.25, 0.3) is 16.9 Å². The number of benzene rings is 2. The van der Waals surface area contributed by atoms with E-state index in [0.29, 0.717) is 16.8 Å². The summed E-state index contributed by atoms with van der Waals surface area (Å²) >= 11 is 0. The molecule has 1 heterocycles. The first kappa shape index (κ1) is 20.6. The highest BCUT2D eigenvalue weighted by Gasteiger charge is 2.29. The van der Waals surface area contributed by atoms with Crippen LogP contribution in [0.2, 0.25) is 0 Å². The van der Waals surface area contributed by atoms with E-state index < -0.39 is 27.2 Å². The minimum atomic E-state index is -0.750. The summed E-state index contributed by atoms with van der Waals surface area (Å²) in [7, 11) is 0. The number of hydrogen-bond acceptors (Lipinski definition) is 7. The van der Waals surface area contributed by atoms with E-state index in [1.54, 1.807) is 13.8 Å². The average molecular weight is 410 g/mol. The summed E-state index contributed by atoms with van der Waals surface area (Å²) in [6.45, 7) is 5.34. The molecule has 2 aromatic carbocycles. The molecule has 154 valence electrons. The van der Waals surface area contributed by atoms with Gasteiger partial charge in [-0.25, -0.2) is 9.48 Å². The second kappa shape index (κ2) is 8.11. The first-order chi connectivity index (χ1) is 14.2. The molecule has 0 bridgehead atoms. The Bertz CT molecular complexity index is 1150. The van der Waals surface area contributed by atoms with Crippen LogP contribution < -0.4 is 0 Å². The number of rotatable bonds is 6. The Labute approximate surface area is 171 Å². The van der Waals surface area contributed by atoms with Crippen LogP contribution in [0.4, 0.5) is 11.4 Å². The molecule has 0 saturated heterocycles. The lowest BCUT2D eigenvalue weighted by Crippen LogP contribution is -2.14. The maximum absolute atomic E-state index is 12.7. The number of carbonyl (C=O) groups excluding carboxylic acids is 1. The Balaban J connectivity index is 2.29. The van der Waals surface area contributed by atoms with Crippen molar-refractivity contribution in [3.8, 4) is 16.9 Å². The number of aromatic nitrogens is 2. The number of nitro groups is 2. The molecule has 3 aromatic rings. The maximum atomic E-state index is 12.7. The molecule has 0 saturated carbocycles. The lowest BCUT2D eigenvalue weighted by atomic mass is 10.1. The number of esters is 1. The van der Waals surface area contributed by atoms with E-state index in [2.05, 4.69) is 5.10 Å². The van der Waals surface area contributed by atoms with Crippen molar-refractivity contribution >= 4 is 17.3 Å². The fourth-order valence-corrected chi connectivity index (χ4v) is 3.05. The van der Waals surface area contributed by atoms with Crippen molar-refractivity contribution in [3.63, 3.8) is 0 Å². The molecule has 0 aliphatic heterocycles. The second-order valence-electron chi connectivity index (χ2n) is 6.51. The molecule has 0 N–H and O–H groups in total. The van der Waals surface area contributed by atoms with Gasteiger partial charge in [-0.3, -0.25) is 20.2 Å². The van der Waals surface area contributed by atoms with Crippen molar-refractivity contribution in [1.82, 2.24) is 9.78 Å². The molecule has 0 aliphatic carbocycles. The highest BCUT2D eigenvalue weighted by Crippen LogP contribution is 2.33. The molecule has 0 radical (unpaired) electrons. The van der Waals surface area contributed by atoms with Gasteiger partial charge >= 0.3 is 11.7 Å². The Morgan fingerprint density at radius 2 is 1.73 bits per heavy atom. The Kier molecular flexibility index (Phi) is 5.58. The number of aryl methyl sites for hydroxylation is 1. The largest absolute Gasteiger partial charge is 0.461 e. The fourth-order valence-electron chi connectivity index (χ4n) is 3.05. The van der Waals surface area contributed by atoms with Crippen LogP contribution in [0.3, 0.4) is 0 Å². The van der Waals surface area contributed by atoms with Crippen LogP contribution >= 0.6 is 0 Å². The van der Waals surface area contributed by atoms with Crippen molar-refractivity contribution in [2.75, 3.05) is 6.61 Å². The van der Waals surface area contributed by atoms with E-state index in [9.17, 15) is 25.0 Å². The molecular weight excluding hydrogens is 392 g/mol. The molecule has 0 aliphatic rings. The number of carbonyl (C=O) groups is 1. The van der Waals surface area contributed by atoms with Crippen molar-refractivity contribution in [1.29, 1.82) is 0 Å². The highest BCUT2D eigenvalue weighted by atomic mass is 16.6. The molecule has 0 unspecified atom stereocenters. The van der Waals surface area contributed by atoms with Crippen LogP contribution in [0.15, 0.2) is 42.5 Å². The summed E-state index contributed by atoms with van der Waals surface area (Å²) in [6, 6.07) is 10.6. The normalized spacial score (nSPS) is 10.6. The molecule has 0 amide bonds. The zero-order chi connectivity index (χ0) is 22.0. The first-order valence-corrected chi connectivity index (χ1v) is 9.01. The van der Waals surface area contributed by atoms with Crippen LogP contribution in [-0.2, 0) is 4.74 Å². The summed E-state index contributed by atoms with van der Waals surface area (Å²) < 4.78 is 6.24. The predicted molar refractivity (Wildman–Crippen MR) is 108 cm³/mol. The Morgan fingerprint density at radius 1 is 1.07 bits per heavy atom. The van der Waals surface area contributed by atoms with E-state index in [4.69, 9.17) is 4.74 Å². The van der Waals surface area contributed by atoms with Crippen molar-refractivity contribution in [3.05, 3.63) is 79.5 Å². The monoisotopic (exact) mass is 410 g/mol. The lowest BCUT2D eigenvalue weighted by molar-refractivity contribution is -0.394. The summed E-state index contributed by atoms with van der Waals surface area (Å²) in [5.41, 5.74) is 1.63. The average Bonchev–Trinajstić information content (AvgIpc) is 3.05.